The molecule has 2 aliphatic rings. The summed E-state index contributed by atoms with van der Waals surface area (Å²) in [6.45, 7) is 1.86. The van der Waals surface area contributed by atoms with Gasteiger partial charge in [0.2, 0.25) is 5.91 Å². The SMILES string of the molecule is O=C(Nc1ccccc1OCC1CCCCO1)C(c1ccccc1)N1CCS(=O)(=O)CC1. The fraction of sp³-hybridized carbons (Fsp3) is 0.458. The molecule has 2 aromatic carbocycles. The van der Waals surface area contributed by atoms with E-state index in [1.165, 1.54) is 0 Å². The third kappa shape index (κ3) is 5.88. The van der Waals surface area contributed by atoms with Gasteiger partial charge in [0, 0.05) is 19.7 Å². The molecule has 0 spiro atoms. The first-order chi connectivity index (χ1) is 15.5. The zero-order valence-corrected chi connectivity index (χ0v) is 18.9. The van der Waals surface area contributed by atoms with E-state index in [-0.39, 0.29) is 23.5 Å². The highest BCUT2D eigenvalue weighted by molar-refractivity contribution is 7.91. The van der Waals surface area contributed by atoms with Crippen molar-refractivity contribution in [1.29, 1.82) is 0 Å². The Bertz CT molecular complexity index is 992. The van der Waals surface area contributed by atoms with Crippen molar-refractivity contribution in [2.75, 3.05) is 43.1 Å². The molecule has 32 heavy (non-hydrogen) atoms. The highest BCUT2D eigenvalue weighted by Gasteiger charge is 2.33. The molecule has 1 N–H and O–H groups in total. The number of amides is 1. The van der Waals surface area contributed by atoms with Gasteiger partial charge in [-0.05, 0) is 37.0 Å². The van der Waals surface area contributed by atoms with E-state index in [2.05, 4.69) is 5.32 Å². The third-order valence-electron chi connectivity index (χ3n) is 5.95. The summed E-state index contributed by atoms with van der Waals surface area (Å²) in [4.78, 5) is 15.4. The number of carbonyl (C=O) groups is 1. The first-order valence-electron chi connectivity index (χ1n) is 11.2. The van der Waals surface area contributed by atoms with Crippen molar-refractivity contribution in [3.05, 3.63) is 60.2 Å². The number of ether oxygens (including phenoxy) is 2. The fourth-order valence-electron chi connectivity index (χ4n) is 4.17. The van der Waals surface area contributed by atoms with Crippen LogP contribution < -0.4 is 10.1 Å². The normalized spacial score (nSPS) is 22.1. The van der Waals surface area contributed by atoms with Crippen molar-refractivity contribution in [3.63, 3.8) is 0 Å². The second-order valence-corrected chi connectivity index (χ2v) is 10.6. The minimum absolute atomic E-state index is 0.0602. The number of para-hydroxylation sites is 2. The monoisotopic (exact) mass is 458 g/mol. The minimum atomic E-state index is -3.05. The van der Waals surface area contributed by atoms with Crippen molar-refractivity contribution in [2.45, 2.75) is 31.4 Å². The van der Waals surface area contributed by atoms with Crippen LogP contribution in [0.25, 0.3) is 0 Å². The Morgan fingerprint density at radius 1 is 1.06 bits per heavy atom. The van der Waals surface area contributed by atoms with Crippen LogP contribution in [-0.2, 0) is 19.4 Å². The lowest BCUT2D eigenvalue weighted by molar-refractivity contribution is -0.121. The highest BCUT2D eigenvalue weighted by Crippen LogP contribution is 2.29. The maximum Gasteiger partial charge on any atom is 0.246 e. The molecule has 2 unspecified atom stereocenters. The summed E-state index contributed by atoms with van der Waals surface area (Å²) in [5, 5.41) is 3.02. The molecule has 1 amide bonds. The molecule has 2 heterocycles. The fourth-order valence-corrected chi connectivity index (χ4v) is 5.40. The molecule has 0 saturated carbocycles. The first kappa shape index (κ1) is 22.8. The quantitative estimate of drug-likeness (QED) is 0.687. The molecule has 2 fully saturated rings. The summed E-state index contributed by atoms with van der Waals surface area (Å²) < 4.78 is 35.6. The Morgan fingerprint density at radius 3 is 2.50 bits per heavy atom. The lowest BCUT2D eigenvalue weighted by Crippen LogP contribution is -2.46. The van der Waals surface area contributed by atoms with Gasteiger partial charge in [-0.15, -0.1) is 0 Å². The first-order valence-corrected chi connectivity index (χ1v) is 13.0. The van der Waals surface area contributed by atoms with E-state index in [1.54, 1.807) is 0 Å². The zero-order chi connectivity index (χ0) is 22.4. The Labute approximate surface area is 189 Å². The predicted molar refractivity (Wildman–Crippen MR) is 124 cm³/mol. The van der Waals surface area contributed by atoms with Crippen molar-refractivity contribution in [2.24, 2.45) is 0 Å². The molecule has 8 heteroatoms. The zero-order valence-electron chi connectivity index (χ0n) is 18.1. The van der Waals surface area contributed by atoms with Crippen LogP contribution in [-0.4, -0.2) is 63.1 Å². The van der Waals surface area contributed by atoms with E-state index in [0.717, 1.165) is 31.4 Å². The predicted octanol–water partition coefficient (Wildman–Crippen LogP) is 3.04. The standard InChI is InChI=1S/C24H30N2O5S/c27-24(23(19-8-2-1-3-9-19)26-13-16-32(28,29)17-14-26)25-21-11-4-5-12-22(21)31-18-20-10-6-7-15-30-20/h1-5,8-9,11-12,20,23H,6-7,10,13-18H2,(H,25,27). The van der Waals surface area contributed by atoms with Crippen LogP contribution in [0.4, 0.5) is 5.69 Å². The summed E-state index contributed by atoms with van der Waals surface area (Å²) in [5.74, 6) is 0.513. The summed E-state index contributed by atoms with van der Waals surface area (Å²) in [6, 6.07) is 16.3. The lowest BCUT2D eigenvalue weighted by Gasteiger charge is -2.33. The molecule has 2 saturated heterocycles. The van der Waals surface area contributed by atoms with Gasteiger partial charge in [-0.3, -0.25) is 9.69 Å². The number of carbonyl (C=O) groups excluding carboxylic acids is 1. The van der Waals surface area contributed by atoms with Crippen LogP contribution in [0.2, 0.25) is 0 Å². The molecule has 0 aromatic heterocycles. The molecular formula is C24H30N2O5S. The number of rotatable bonds is 7. The van der Waals surface area contributed by atoms with Gasteiger partial charge in [0.25, 0.3) is 0 Å². The van der Waals surface area contributed by atoms with Gasteiger partial charge in [0.1, 0.15) is 18.4 Å². The van der Waals surface area contributed by atoms with Crippen molar-refractivity contribution in [3.8, 4) is 5.75 Å². The molecular weight excluding hydrogens is 428 g/mol. The number of benzene rings is 2. The molecule has 2 atom stereocenters. The molecule has 0 bridgehead atoms. The van der Waals surface area contributed by atoms with Gasteiger partial charge in [-0.25, -0.2) is 8.42 Å². The van der Waals surface area contributed by atoms with E-state index in [9.17, 15) is 13.2 Å². The average Bonchev–Trinajstić information content (AvgIpc) is 2.81. The number of anilines is 1. The average molecular weight is 459 g/mol. The van der Waals surface area contributed by atoms with Crippen molar-refractivity contribution in [1.82, 2.24) is 4.90 Å². The Balaban J connectivity index is 1.49. The molecule has 2 aromatic rings. The number of nitrogens with zero attached hydrogens (tertiary/aromatic N) is 1. The number of nitrogens with one attached hydrogen (secondary N) is 1. The number of hydrogen-bond acceptors (Lipinski definition) is 6. The highest BCUT2D eigenvalue weighted by atomic mass is 32.2. The van der Waals surface area contributed by atoms with Crippen molar-refractivity contribution < 1.29 is 22.7 Å². The van der Waals surface area contributed by atoms with E-state index >= 15 is 0 Å². The minimum Gasteiger partial charge on any atom is -0.489 e. The summed E-state index contributed by atoms with van der Waals surface area (Å²) in [5.41, 5.74) is 1.43. The van der Waals surface area contributed by atoms with Gasteiger partial charge < -0.3 is 14.8 Å². The summed E-state index contributed by atoms with van der Waals surface area (Å²) in [6.07, 6.45) is 3.26. The van der Waals surface area contributed by atoms with Crippen LogP contribution in [0.5, 0.6) is 5.75 Å². The summed E-state index contributed by atoms with van der Waals surface area (Å²) >= 11 is 0. The van der Waals surface area contributed by atoms with Gasteiger partial charge in [0.15, 0.2) is 9.84 Å². The molecule has 7 nitrogen and oxygen atoms in total. The largest absolute Gasteiger partial charge is 0.489 e. The van der Waals surface area contributed by atoms with E-state index in [0.29, 0.717) is 31.1 Å². The Hall–Kier alpha value is -2.42. The van der Waals surface area contributed by atoms with Crippen LogP contribution >= 0.6 is 0 Å². The lowest BCUT2D eigenvalue weighted by atomic mass is 10.0. The van der Waals surface area contributed by atoms with Crippen LogP contribution in [0.15, 0.2) is 54.6 Å². The second kappa shape index (κ2) is 10.5. The van der Waals surface area contributed by atoms with Gasteiger partial charge >= 0.3 is 0 Å². The van der Waals surface area contributed by atoms with Crippen LogP contribution in [0.1, 0.15) is 30.9 Å². The van der Waals surface area contributed by atoms with E-state index < -0.39 is 15.9 Å². The number of sulfone groups is 1. The summed E-state index contributed by atoms with van der Waals surface area (Å²) in [7, 11) is -3.05. The Morgan fingerprint density at radius 2 is 1.78 bits per heavy atom. The smallest absolute Gasteiger partial charge is 0.246 e. The molecule has 0 aliphatic carbocycles. The third-order valence-corrected chi connectivity index (χ3v) is 7.56. The Kier molecular flexibility index (Phi) is 7.44. The van der Waals surface area contributed by atoms with E-state index in [1.807, 2.05) is 59.5 Å². The molecule has 172 valence electrons. The maximum absolute atomic E-state index is 13.4. The molecule has 2 aliphatic heterocycles. The van der Waals surface area contributed by atoms with E-state index in [4.69, 9.17) is 9.47 Å². The van der Waals surface area contributed by atoms with Crippen LogP contribution in [0, 0.1) is 0 Å². The van der Waals surface area contributed by atoms with Gasteiger partial charge in [-0.1, -0.05) is 42.5 Å². The van der Waals surface area contributed by atoms with Crippen molar-refractivity contribution >= 4 is 21.4 Å². The molecule has 0 radical (unpaired) electrons. The second-order valence-electron chi connectivity index (χ2n) is 8.29. The maximum atomic E-state index is 13.4. The molecule has 4 rings (SSSR count). The van der Waals surface area contributed by atoms with Crippen LogP contribution in [0.3, 0.4) is 0 Å². The topological polar surface area (TPSA) is 84.9 Å². The number of hydrogen-bond donors (Lipinski definition) is 1. The van der Waals surface area contributed by atoms with Gasteiger partial charge in [-0.2, -0.15) is 0 Å². The van der Waals surface area contributed by atoms with Gasteiger partial charge in [0.05, 0.1) is 23.3 Å².